The van der Waals surface area contributed by atoms with E-state index < -0.39 is 0 Å². The maximum atomic E-state index is 12.7. The fourth-order valence-electron chi connectivity index (χ4n) is 3.98. The summed E-state index contributed by atoms with van der Waals surface area (Å²) in [5.41, 5.74) is 6.95. The number of fused-ring (bicyclic) bond motifs is 2. The van der Waals surface area contributed by atoms with Crippen LogP contribution in [0.4, 0.5) is 0 Å². The van der Waals surface area contributed by atoms with Crippen LogP contribution in [0, 0.1) is 11.8 Å². The molecule has 2 N–H and O–H groups in total. The highest BCUT2D eigenvalue weighted by molar-refractivity contribution is 5.98. The molecule has 1 saturated carbocycles. The van der Waals surface area contributed by atoms with Gasteiger partial charge in [0.05, 0.1) is 0 Å². The summed E-state index contributed by atoms with van der Waals surface area (Å²) >= 11 is 0. The molecule has 0 spiro atoms. The number of carbonyl (C=O) groups excluding carboxylic acids is 1. The summed E-state index contributed by atoms with van der Waals surface area (Å²) in [5.74, 6) is 1.28. The first kappa shape index (κ1) is 15.3. The highest BCUT2D eigenvalue weighted by atomic mass is 35.5. The highest BCUT2D eigenvalue weighted by Gasteiger charge is 2.42. The molecule has 1 aliphatic heterocycles. The van der Waals surface area contributed by atoms with E-state index in [0.717, 1.165) is 30.5 Å². The summed E-state index contributed by atoms with van der Waals surface area (Å²) in [6.07, 6.45) is 2.29. The topological polar surface area (TPSA) is 46.3 Å². The lowest BCUT2D eigenvalue weighted by atomic mass is 9.98. The predicted octanol–water partition coefficient (Wildman–Crippen LogP) is 3.07. The Kier molecular flexibility index (Phi) is 4.11. The molecule has 1 saturated heterocycles. The number of hydrogen-bond acceptors (Lipinski definition) is 2. The summed E-state index contributed by atoms with van der Waals surface area (Å²) < 4.78 is 0. The van der Waals surface area contributed by atoms with E-state index in [9.17, 15) is 4.79 Å². The lowest BCUT2D eigenvalue weighted by molar-refractivity contribution is 0.0780. The second-order valence-electron chi connectivity index (χ2n) is 6.44. The van der Waals surface area contributed by atoms with Crippen LogP contribution in [-0.2, 0) is 0 Å². The molecule has 3 nitrogen and oxygen atoms in total. The van der Waals surface area contributed by atoms with Crippen molar-refractivity contribution in [1.82, 2.24) is 4.90 Å². The quantitative estimate of drug-likeness (QED) is 0.879. The number of hydrogen-bond donors (Lipinski definition) is 1. The molecule has 2 fully saturated rings. The van der Waals surface area contributed by atoms with Crippen LogP contribution in [0.1, 0.15) is 23.2 Å². The van der Waals surface area contributed by atoms with Crippen LogP contribution in [0.3, 0.4) is 0 Å². The molecule has 2 aromatic carbocycles. The van der Waals surface area contributed by atoms with Crippen LogP contribution in [0.2, 0.25) is 0 Å². The van der Waals surface area contributed by atoms with E-state index in [1.54, 1.807) is 0 Å². The van der Waals surface area contributed by atoms with Gasteiger partial charge in [-0.1, -0.05) is 30.3 Å². The molecule has 0 bridgehead atoms. The Labute approximate surface area is 136 Å². The van der Waals surface area contributed by atoms with Gasteiger partial charge in [0.15, 0.2) is 0 Å². The average molecular weight is 317 g/mol. The maximum absolute atomic E-state index is 12.7. The van der Waals surface area contributed by atoms with Gasteiger partial charge < -0.3 is 10.6 Å². The van der Waals surface area contributed by atoms with Gasteiger partial charge in [0.25, 0.3) is 5.91 Å². The van der Waals surface area contributed by atoms with E-state index in [2.05, 4.69) is 12.1 Å². The Morgan fingerprint density at radius 2 is 1.82 bits per heavy atom. The Bertz CT molecular complexity index is 702. The van der Waals surface area contributed by atoms with E-state index in [0.29, 0.717) is 11.8 Å². The zero-order valence-corrected chi connectivity index (χ0v) is 13.3. The van der Waals surface area contributed by atoms with Crippen molar-refractivity contribution in [1.29, 1.82) is 0 Å². The lowest BCUT2D eigenvalue weighted by Crippen LogP contribution is -2.33. The number of benzene rings is 2. The molecule has 2 aromatic rings. The number of carbonyl (C=O) groups is 1. The lowest BCUT2D eigenvalue weighted by Gasteiger charge is -2.19. The summed E-state index contributed by atoms with van der Waals surface area (Å²) in [4.78, 5) is 14.7. The van der Waals surface area contributed by atoms with Crippen molar-refractivity contribution in [3.05, 3.63) is 48.0 Å². The normalized spacial score (nSPS) is 26.8. The SMILES string of the molecule is Cl.NC1CCC2CN(C(=O)c3ccc4ccccc4c3)CC12. The van der Waals surface area contributed by atoms with Gasteiger partial charge in [-0.2, -0.15) is 0 Å². The highest BCUT2D eigenvalue weighted by Crippen LogP contribution is 2.37. The smallest absolute Gasteiger partial charge is 0.253 e. The summed E-state index contributed by atoms with van der Waals surface area (Å²) in [6, 6.07) is 14.4. The zero-order valence-electron chi connectivity index (χ0n) is 12.4. The Balaban J connectivity index is 0.00000144. The van der Waals surface area contributed by atoms with E-state index in [1.807, 2.05) is 35.2 Å². The molecule has 116 valence electrons. The van der Waals surface area contributed by atoms with Gasteiger partial charge >= 0.3 is 0 Å². The molecule has 3 unspecified atom stereocenters. The van der Waals surface area contributed by atoms with Crippen molar-refractivity contribution in [3.63, 3.8) is 0 Å². The van der Waals surface area contributed by atoms with Crippen molar-refractivity contribution < 1.29 is 4.79 Å². The molecular weight excluding hydrogens is 296 g/mol. The fourth-order valence-corrected chi connectivity index (χ4v) is 3.98. The number of nitrogens with zero attached hydrogens (tertiary/aromatic N) is 1. The molecule has 0 aromatic heterocycles. The van der Waals surface area contributed by atoms with Crippen molar-refractivity contribution in [2.45, 2.75) is 18.9 Å². The molecular formula is C18H21ClN2O. The number of halogens is 1. The van der Waals surface area contributed by atoms with Crippen LogP contribution in [0.15, 0.2) is 42.5 Å². The number of amides is 1. The first-order valence-corrected chi connectivity index (χ1v) is 7.76. The molecule has 0 radical (unpaired) electrons. The van der Waals surface area contributed by atoms with Gasteiger partial charge in [0.1, 0.15) is 0 Å². The Morgan fingerprint density at radius 1 is 1.05 bits per heavy atom. The standard InChI is InChI=1S/C18H20N2O.ClH/c19-17-8-7-15-10-20(11-16(15)17)18(21)14-6-5-12-3-1-2-4-13(12)9-14;/h1-6,9,15-17H,7-8,10-11,19H2;1H. The number of rotatable bonds is 1. The van der Waals surface area contributed by atoms with Crippen molar-refractivity contribution in [3.8, 4) is 0 Å². The van der Waals surface area contributed by atoms with Gasteiger partial charge in [-0.3, -0.25) is 4.79 Å². The molecule has 1 aliphatic carbocycles. The van der Waals surface area contributed by atoms with Gasteiger partial charge in [0.2, 0.25) is 0 Å². The van der Waals surface area contributed by atoms with Crippen LogP contribution >= 0.6 is 12.4 Å². The van der Waals surface area contributed by atoms with Gasteiger partial charge in [-0.15, -0.1) is 12.4 Å². The van der Waals surface area contributed by atoms with Crippen LogP contribution < -0.4 is 5.73 Å². The third-order valence-corrected chi connectivity index (χ3v) is 5.20. The largest absolute Gasteiger partial charge is 0.338 e. The molecule has 3 atom stereocenters. The van der Waals surface area contributed by atoms with Crippen molar-refractivity contribution in [2.75, 3.05) is 13.1 Å². The average Bonchev–Trinajstić information content (AvgIpc) is 3.08. The van der Waals surface area contributed by atoms with Crippen LogP contribution in [0.25, 0.3) is 10.8 Å². The summed E-state index contributed by atoms with van der Waals surface area (Å²) in [6.45, 7) is 1.71. The second-order valence-corrected chi connectivity index (χ2v) is 6.44. The van der Waals surface area contributed by atoms with Crippen molar-refractivity contribution >= 4 is 29.1 Å². The van der Waals surface area contributed by atoms with E-state index in [1.165, 1.54) is 11.8 Å². The monoisotopic (exact) mass is 316 g/mol. The summed E-state index contributed by atoms with van der Waals surface area (Å²) in [5, 5.41) is 2.30. The first-order valence-electron chi connectivity index (χ1n) is 7.76. The third-order valence-electron chi connectivity index (χ3n) is 5.20. The minimum absolute atomic E-state index is 0. The zero-order chi connectivity index (χ0) is 14.4. The predicted molar refractivity (Wildman–Crippen MR) is 91.3 cm³/mol. The van der Waals surface area contributed by atoms with Crippen LogP contribution in [-0.4, -0.2) is 29.9 Å². The molecule has 22 heavy (non-hydrogen) atoms. The van der Waals surface area contributed by atoms with Gasteiger partial charge in [-0.05, 0) is 47.6 Å². The number of likely N-dealkylation sites (tertiary alicyclic amines) is 1. The minimum Gasteiger partial charge on any atom is -0.338 e. The molecule has 4 rings (SSSR count). The van der Waals surface area contributed by atoms with E-state index in [-0.39, 0.29) is 24.4 Å². The minimum atomic E-state index is 0. The Morgan fingerprint density at radius 3 is 2.59 bits per heavy atom. The fraction of sp³-hybridized carbons (Fsp3) is 0.389. The van der Waals surface area contributed by atoms with Crippen molar-refractivity contribution in [2.24, 2.45) is 17.6 Å². The molecule has 1 amide bonds. The third kappa shape index (κ3) is 2.49. The molecule has 1 heterocycles. The Hall–Kier alpha value is -1.58. The maximum Gasteiger partial charge on any atom is 0.253 e. The van der Waals surface area contributed by atoms with E-state index >= 15 is 0 Å². The summed E-state index contributed by atoms with van der Waals surface area (Å²) in [7, 11) is 0. The molecule has 4 heteroatoms. The van der Waals surface area contributed by atoms with Crippen LogP contribution in [0.5, 0.6) is 0 Å². The first-order chi connectivity index (χ1) is 10.2. The molecule has 2 aliphatic rings. The van der Waals surface area contributed by atoms with Gasteiger partial charge in [-0.25, -0.2) is 0 Å². The number of nitrogens with two attached hydrogens (primary N) is 1. The van der Waals surface area contributed by atoms with E-state index in [4.69, 9.17) is 5.73 Å². The second kappa shape index (κ2) is 5.90. The van der Waals surface area contributed by atoms with Gasteiger partial charge in [0, 0.05) is 24.7 Å².